The molecule has 2 aliphatic heterocycles. The molecular formula is C17H26N2O2S. The summed E-state index contributed by atoms with van der Waals surface area (Å²) in [5.74, 6) is 0.736. The zero-order valence-corrected chi connectivity index (χ0v) is 14.2. The lowest BCUT2D eigenvalue weighted by molar-refractivity contribution is -0.121. The van der Waals surface area contributed by atoms with Crippen LogP contribution in [0.3, 0.4) is 0 Å². The molecule has 1 amide bonds. The first-order chi connectivity index (χ1) is 10.7. The summed E-state index contributed by atoms with van der Waals surface area (Å²) in [4.78, 5) is 16.8. The van der Waals surface area contributed by atoms with E-state index in [1.165, 1.54) is 22.6 Å². The van der Waals surface area contributed by atoms with Gasteiger partial charge in [0.25, 0.3) is 0 Å². The highest BCUT2D eigenvalue weighted by atomic mass is 32.1. The SMILES string of the molecule is CNC(=O)CC1CCN(Cc2ccc([C@H]3CCCO3)s2)CC1. The van der Waals surface area contributed by atoms with Gasteiger partial charge in [0.05, 0.1) is 6.10 Å². The normalized spacial score (nSPS) is 23.8. The van der Waals surface area contributed by atoms with Gasteiger partial charge in [0.1, 0.15) is 0 Å². The number of hydrogen-bond acceptors (Lipinski definition) is 4. The quantitative estimate of drug-likeness (QED) is 0.906. The first-order valence-electron chi connectivity index (χ1n) is 8.37. The van der Waals surface area contributed by atoms with Gasteiger partial charge in [-0.15, -0.1) is 11.3 Å². The molecule has 1 aromatic rings. The van der Waals surface area contributed by atoms with Crippen molar-refractivity contribution in [3.63, 3.8) is 0 Å². The average Bonchev–Trinajstić information content (AvgIpc) is 3.20. The van der Waals surface area contributed by atoms with Crippen molar-refractivity contribution in [3.8, 4) is 0 Å². The molecule has 0 radical (unpaired) electrons. The topological polar surface area (TPSA) is 41.6 Å². The molecule has 0 aromatic carbocycles. The molecule has 122 valence electrons. The van der Waals surface area contributed by atoms with Crippen LogP contribution in [-0.4, -0.2) is 37.6 Å². The Balaban J connectivity index is 1.45. The summed E-state index contributed by atoms with van der Waals surface area (Å²) >= 11 is 1.91. The molecule has 3 heterocycles. The number of rotatable bonds is 5. The third-order valence-corrected chi connectivity index (χ3v) is 5.93. The van der Waals surface area contributed by atoms with Gasteiger partial charge in [0.15, 0.2) is 0 Å². The van der Waals surface area contributed by atoms with Gasteiger partial charge in [-0.05, 0) is 56.8 Å². The van der Waals surface area contributed by atoms with Crippen LogP contribution in [0.25, 0.3) is 0 Å². The Labute approximate surface area is 136 Å². The van der Waals surface area contributed by atoms with Crippen molar-refractivity contribution in [2.24, 2.45) is 5.92 Å². The number of piperidine rings is 1. The summed E-state index contributed by atoms with van der Waals surface area (Å²) in [5, 5.41) is 2.73. The van der Waals surface area contributed by atoms with Crippen molar-refractivity contribution in [1.82, 2.24) is 10.2 Å². The second kappa shape index (κ2) is 7.57. The monoisotopic (exact) mass is 322 g/mol. The minimum atomic E-state index is 0.179. The summed E-state index contributed by atoms with van der Waals surface area (Å²) in [7, 11) is 1.72. The summed E-state index contributed by atoms with van der Waals surface area (Å²) < 4.78 is 5.76. The minimum Gasteiger partial charge on any atom is -0.373 e. The number of carbonyl (C=O) groups excluding carboxylic acids is 1. The Bertz CT molecular complexity index is 489. The molecule has 0 spiro atoms. The molecule has 2 aliphatic rings. The van der Waals surface area contributed by atoms with E-state index in [4.69, 9.17) is 4.74 Å². The van der Waals surface area contributed by atoms with Crippen LogP contribution in [0.2, 0.25) is 0 Å². The smallest absolute Gasteiger partial charge is 0.220 e. The number of ether oxygens (including phenoxy) is 1. The predicted molar refractivity (Wildman–Crippen MR) is 88.9 cm³/mol. The van der Waals surface area contributed by atoms with Crippen molar-refractivity contribution in [2.45, 2.75) is 44.8 Å². The molecule has 0 aliphatic carbocycles. The Kier molecular flexibility index (Phi) is 5.50. The lowest BCUT2D eigenvalue weighted by atomic mass is 9.93. The van der Waals surface area contributed by atoms with Crippen LogP contribution in [0.4, 0.5) is 0 Å². The zero-order valence-electron chi connectivity index (χ0n) is 13.3. The van der Waals surface area contributed by atoms with Gasteiger partial charge in [-0.2, -0.15) is 0 Å². The molecule has 1 atom stereocenters. The van der Waals surface area contributed by atoms with E-state index < -0.39 is 0 Å². The van der Waals surface area contributed by atoms with Crippen LogP contribution in [0, 0.1) is 5.92 Å². The van der Waals surface area contributed by atoms with Crippen molar-refractivity contribution < 1.29 is 9.53 Å². The Morgan fingerprint density at radius 3 is 2.86 bits per heavy atom. The third-order valence-electron chi connectivity index (χ3n) is 4.77. The van der Waals surface area contributed by atoms with Crippen LogP contribution in [-0.2, 0) is 16.1 Å². The largest absolute Gasteiger partial charge is 0.373 e. The maximum atomic E-state index is 11.4. The Morgan fingerprint density at radius 2 is 2.18 bits per heavy atom. The van der Waals surface area contributed by atoms with Crippen LogP contribution < -0.4 is 5.32 Å². The van der Waals surface area contributed by atoms with Gasteiger partial charge in [0.2, 0.25) is 5.91 Å². The van der Waals surface area contributed by atoms with E-state index in [1.54, 1.807) is 7.05 Å². The lowest BCUT2D eigenvalue weighted by Gasteiger charge is -2.31. The van der Waals surface area contributed by atoms with Gasteiger partial charge >= 0.3 is 0 Å². The molecule has 1 aromatic heterocycles. The van der Waals surface area contributed by atoms with Crippen molar-refractivity contribution in [3.05, 3.63) is 21.9 Å². The maximum Gasteiger partial charge on any atom is 0.220 e. The summed E-state index contributed by atoms with van der Waals surface area (Å²) in [6.45, 7) is 4.17. The fraction of sp³-hybridized carbons (Fsp3) is 0.706. The van der Waals surface area contributed by atoms with E-state index in [1.807, 2.05) is 11.3 Å². The molecule has 22 heavy (non-hydrogen) atoms. The zero-order chi connectivity index (χ0) is 15.4. The van der Waals surface area contributed by atoms with Crippen LogP contribution in [0.1, 0.15) is 48.0 Å². The maximum absolute atomic E-state index is 11.4. The minimum absolute atomic E-state index is 0.179. The van der Waals surface area contributed by atoms with Gasteiger partial charge in [-0.3, -0.25) is 9.69 Å². The number of amides is 1. The highest BCUT2D eigenvalue weighted by Crippen LogP contribution is 2.34. The van der Waals surface area contributed by atoms with E-state index in [0.29, 0.717) is 18.4 Å². The number of thiophene rings is 1. The second-order valence-electron chi connectivity index (χ2n) is 6.40. The molecular weight excluding hydrogens is 296 g/mol. The lowest BCUT2D eigenvalue weighted by Crippen LogP contribution is -2.34. The van der Waals surface area contributed by atoms with Gasteiger partial charge in [-0.1, -0.05) is 0 Å². The molecule has 0 bridgehead atoms. The van der Waals surface area contributed by atoms with Gasteiger partial charge in [0, 0.05) is 36.4 Å². The molecule has 2 saturated heterocycles. The molecule has 0 saturated carbocycles. The molecule has 2 fully saturated rings. The molecule has 3 rings (SSSR count). The van der Waals surface area contributed by atoms with Gasteiger partial charge < -0.3 is 10.1 Å². The summed E-state index contributed by atoms with van der Waals surface area (Å²) in [6.07, 6.45) is 5.67. The number of likely N-dealkylation sites (tertiary alicyclic amines) is 1. The van der Waals surface area contributed by atoms with Crippen molar-refractivity contribution >= 4 is 17.2 Å². The number of carbonyl (C=O) groups is 1. The third kappa shape index (κ3) is 4.09. The predicted octanol–water partition coefficient (Wildman–Crippen LogP) is 2.95. The second-order valence-corrected chi connectivity index (χ2v) is 7.60. The highest BCUT2D eigenvalue weighted by molar-refractivity contribution is 7.12. The van der Waals surface area contributed by atoms with E-state index >= 15 is 0 Å². The number of nitrogens with zero attached hydrogens (tertiary/aromatic N) is 1. The molecule has 5 heteroatoms. The van der Waals surface area contributed by atoms with E-state index in [-0.39, 0.29) is 5.91 Å². The number of nitrogens with one attached hydrogen (secondary N) is 1. The molecule has 4 nitrogen and oxygen atoms in total. The van der Waals surface area contributed by atoms with Crippen LogP contribution in [0.5, 0.6) is 0 Å². The van der Waals surface area contributed by atoms with E-state index in [2.05, 4.69) is 22.3 Å². The first-order valence-corrected chi connectivity index (χ1v) is 9.19. The molecule has 0 unspecified atom stereocenters. The average molecular weight is 322 g/mol. The fourth-order valence-electron chi connectivity index (χ4n) is 3.39. The standard InChI is InChI=1S/C17H26N2O2S/c1-18-17(20)11-13-6-8-19(9-7-13)12-14-4-5-16(22-14)15-3-2-10-21-15/h4-5,13,15H,2-3,6-12H2,1H3,(H,18,20)/t15-/m1/s1. The molecule has 1 N–H and O–H groups in total. The first kappa shape index (κ1) is 16.0. The van der Waals surface area contributed by atoms with Gasteiger partial charge in [-0.25, -0.2) is 0 Å². The van der Waals surface area contributed by atoms with E-state index in [9.17, 15) is 4.79 Å². The Hall–Kier alpha value is -0.910. The highest BCUT2D eigenvalue weighted by Gasteiger charge is 2.23. The Morgan fingerprint density at radius 1 is 1.36 bits per heavy atom. The summed E-state index contributed by atoms with van der Waals surface area (Å²) in [6, 6.07) is 4.51. The van der Waals surface area contributed by atoms with Crippen LogP contribution in [0.15, 0.2) is 12.1 Å². The number of hydrogen-bond donors (Lipinski definition) is 1. The van der Waals surface area contributed by atoms with Crippen molar-refractivity contribution in [2.75, 3.05) is 26.7 Å². The summed E-state index contributed by atoms with van der Waals surface area (Å²) in [5.41, 5.74) is 0. The van der Waals surface area contributed by atoms with Crippen LogP contribution >= 0.6 is 11.3 Å². The van der Waals surface area contributed by atoms with Crippen molar-refractivity contribution in [1.29, 1.82) is 0 Å². The van der Waals surface area contributed by atoms with E-state index in [0.717, 1.165) is 39.1 Å². The fourth-order valence-corrected chi connectivity index (χ4v) is 4.53.